The first kappa shape index (κ1) is 39.5. The summed E-state index contributed by atoms with van der Waals surface area (Å²) in [5, 5.41) is 5.60. The predicted octanol–water partition coefficient (Wildman–Crippen LogP) is -1.42. The van der Waals surface area contributed by atoms with Crippen LogP contribution in [0.3, 0.4) is 0 Å². The number of nitrogens with zero attached hydrogens (tertiary/aromatic N) is 1. The molecule has 0 aromatic carbocycles. The fourth-order valence-corrected chi connectivity index (χ4v) is 2.36. The van der Waals surface area contributed by atoms with Crippen LogP contribution in [0.5, 0.6) is 0 Å². The van der Waals surface area contributed by atoms with Crippen molar-refractivity contribution in [3.8, 4) is 0 Å². The molecule has 1 rings (SSSR count). The molecule has 0 radical (unpaired) electrons. The van der Waals surface area contributed by atoms with Crippen molar-refractivity contribution in [3.63, 3.8) is 0 Å². The van der Waals surface area contributed by atoms with Crippen LogP contribution in [0, 0.1) is 0 Å². The first-order chi connectivity index (χ1) is 19.1. The quantitative estimate of drug-likeness (QED) is 0.0511. The largest absolute Gasteiger partial charge is 0.443 e. The van der Waals surface area contributed by atoms with Crippen LogP contribution in [0.15, 0.2) is 0 Å². The topological polar surface area (TPSA) is 248 Å². The Hall–Kier alpha value is -3.67. The molecule has 0 aliphatic carbocycles. The van der Waals surface area contributed by atoms with E-state index in [4.69, 9.17) is 25.8 Å². The summed E-state index contributed by atoms with van der Waals surface area (Å²) >= 11 is 0. The van der Waals surface area contributed by atoms with Gasteiger partial charge in [0, 0.05) is 46.2 Å². The third-order valence-corrected chi connectivity index (χ3v) is 4.16. The zero-order valence-electron chi connectivity index (χ0n) is 24.4. The summed E-state index contributed by atoms with van der Waals surface area (Å²) < 4.78 is 14.8. The number of rotatable bonds is 14. The number of carbonyl (C=O) groups excluding carboxylic acids is 7. The number of nitrogens with two attached hydrogens (primary N) is 2. The maximum Gasteiger partial charge on any atom is 0.421 e. The lowest BCUT2D eigenvalue weighted by Gasteiger charge is -2.18. The van der Waals surface area contributed by atoms with Gasteiger partial charge in [-0.3, -0.25) is 29.4 Å². The molecule has 1 aliphatic rings. The van der Waals surface area contributed by atoms with Gasteiger partial charge in [-0.25, -0.2) is 15.4 Å². The number of amides is 5. The van der Waals surface area contributed by atoms with Crippen LogP contribution in [0.4, 0.5) is 4.79 Å². The Morgan fingerprint density at radius 2 is 1.29 bits per heavy atom. The molecule has 0 atom stereocenters. The number of hydrogen-bond acceptors (Lipinski definition) is 13. The Kier molecular flexibility index (Phi) is 22.2. The van der Waals surface area contributed by atoms with Gasteiger partial charge in [0.15, 0.2) is 0 Å². The Labute approximate surface area is 239 Å². The van der Waals surface area contributed by atoms with Crippen molar-refractivity contribution in [2.24, 2.45) is 11.6 Å². The van der Waals surface area contributed by atoms with Gasteiger partial charge >= 0.3 is 12.1 Å². The summed E-state index contributed by atoms with van der Waals surface area (Å²) in [4.78, 5) is 80.2. The number of Topliss-reactive ketones (excluding diaryl/α,β-unsaturated/α-hetero) is 1. The minimum atomic E-state index is -0.705. The number of hydrogen-bond donors (Lipinski definition) is 5. The molecule has 17 nitrogen and oxygen atoms in total. The molecule has 7 N–H and O–H groups in total. The second-order valence-corrected chi connectivity index (χ2v) is 9.12. The van der Waals surface area contributed by atoms with E-state index in [-0.39, 0.29) is 56.6 Å². The molecule has 1 aliphatic heterocycles. The standard InChI is InChI=1S/C11H16N2O6.C8H16N2O3.C5H12N2O2/c1-8(14)12-5-7-18-6-4-11(17)19-13-9(15)2-3-10(13)16;1-7(11)10-3-5-13-4-2-8(12)6-9;1-5(2,3)9-4(8)7-6/h2-7H2,1H3,(H,12,14);2-6,9H2,1H3,(H,10,11);6H2,1-3H3,(H,7,8). The maximum atomic E-state index is 11.3. The van der Waals surface area contributed by atoms with E-state index in [1.165, 1.54) is 13.8 Å². The van der Waals surface area contributed by atoms with Crippen LogP contribution >= 0.6 is 0 Å². The number of carbonyl (C=O) groups is 7. The van der Waals surface area contributed by atoms with Gasteiger partial charge in [0.05, 0.1) is 39.4 Å². The SMILES string of the molecule is CC(=O)NCCOCCC(=O)CN.CC(=O)NCCOCCC(=O)ON1C(=O)CCC1=O.CC(C)(C)OC(=O)NN. The molecule has 0 saturated carbocycles. The van der Waals surface area contributed by atoms with Gasteiger partial charge in [-0.15, -0.1) is 5.06 Å². The zero-order valence-corrected chi connectivity index (χ0v) is 24.4. The summed E-state index contributed by atoms with van der Waals surface area (Å²) in [6.07, 6.45) is -0.200. The Bertz CT molecular complexity index is 846. The maximum absolute atomic E-state index is 11.3. The second kappa shape index (κ2) is 23.1. The van der Waals surface area contributed by atoms with E-state index in [0.717, 1.165) is 0 Å². The minimum absolute atomic E-state index is 0.0143. The molecular weight excluding hydrogens is 548 g/mol. The van der Waals surface area contributed by atoms with E-state index in [2.05, 4.69) is 15.5 Å². The predicted molar refractivity (Wildman–Crippen MR) is 143 cm³/mol. The highest BCUT2D eigenvalue weighted by Crippen LogP contribution is 2.12. The minimum Gasteiger partial charge on any atom is -0.443 e. The van der Waals surface area contributed by atoms with Gasteiger partial charge < -0.3 is 35.4 Å². The highest BCUT2D eigenvalue weighted by molar-refractivity contribution is 6.01. The third-order valence-electron chi connectivity index (χ3n) is 4.16. The zero-order chi connectivity index (χ0) is 31.8. The molecule has 0 bridgehead atoms. The van der Waals surface area contributed by atoms with E-state index in [0.29, 0.717) is 37.8 Å². The molecule has 1 saturated heterocycles. The van der Waals surface area contributed by atoms with E-state index in [1.807, 2.05) is 5.43 Å². The van der Waals surface area contributed by atoms with Crippen LogP contribution in [0.2, 0.25) is 0 Å². The fraction of sp³-hybridized carbons (Fsp3) is 0.708. The number of hydrazine groups is 1. The van der Waals surface area contributed by atoms with Gasteiger partial charge in [0.1, 0.15) is 11.4 Å². The fourth-order valence-electron chi connectivity index (χ4n) is 2.36. The van der Waals surface area contributed by atoms with E-state index in [1.54, 1.807) is 20.8 Å². The van der Waals surface area contributed by atoms with Crippen LogP contribution in [-0.2, 0) is 47.8 Å². The van der Waals surface area contributed by atoms with Gasteiger partial charge in [0.25, 0.3) is 11.8 Å². The first-order valence-corrected chi connectivity index (χ1v) is 12.7. The molecule has 0 aromatic rings. The van der Waals surface area contributed by atoms with Crippen LogP contribution in [0.25, 0.3) is 0 Å². The first-order valence-electron chi connectivity index (χ1n) is 12.7. The number of hydroxylamine groups is 2. The summed E-state index contributed by atoms with van der Waals surface area (Å²) in [6, 6.07) is 0. The molecule has 41 heavy (non-hydrogen) atoms. The van der Waals surface area contributed by atoms with E-state index < -0.39 is 29.5 Å². The van der Waals surface area contributed by atoms with Crippen LogP contribution < -0.4 is 27.6 Å². The van der Waals surface area contributed by atoms with E-state index >= 15 is 0 Å². The Balaban J connectivity index is 0. The molecule has 1 fully saturated rings. The number of nitrogens with one attached hydrogen (secondary N) is 3. The smallest absolute Gasteiger partial charge is 0.421 e. The average Bonchev–Trinajstić information content (AvgIpc) is 3.19. The van der Waals surface area contributed by atoms with Crippen molar-refractivity contribution >= 4 is 41.5 Å². The molecule has 0 unspecified atom stereocenters. The van der Waals surface area contributed by atoms with Crippen molar-refractivity contribution in [1.82, 2.24) is 21.1 Å². The average molecular weight is 593 g/mol. The van der Waals surface area contributed by atoms with Gasteiger partial charge in [-0.2, -0.15) is 0 Å². The summed E-state index contributed by atoms with van der Waals surface area (Å²) in [7, 11) is 0. The van der Waals surface area contributed by atoms with Crippen molar-refractivity contribution in [1.29, 1.82) is 0 Å². The number of imide groups is 1. The van der Waals surface area contributed by atoms with E-state index in [9.17, 15) is 33.6 Å². The molecule has 0 spiro atoms. The second-order valence-electron chi connectivity index (χ2n) is 9.12. The lowest BCUT2D eigenvalue weighted by atomic mass is 10.2. The molecule has 236 valence electrons. The van der Waals surface area contributed by atoms with Crippen LogP contribution in [0.1, 0.15) is 60.3 Å². The van der Waals surface area contributed by atoms with Gasteiger partial charge in [-0.1, -0.05) is 0 Å². The molecule has 17 heteroatoms. The molecular formula is C24H44N6O11. The highest BCUT2D eigenvalue weighted by atomic mass is 16.7. The summed E-state index contributed by atoms with van der Waals surface area (Å²) in [5.41, 5.74) is 6.48. The summed E-state index contributed by atoms with van der Waals surface area (Å²) in [5.74, 6) is 2.78. The molecule has 1 heterocycles. The Morgan fingerprint density at radius 3 is 1.66 bits per heavy atom. The Morgan fingerprint density at radius 1 is 0.829 bits per heavy atom. The van der Waals surface area contributed by atoms with Gasteiger partial charge in [0.2, 0.25) is 11.8 Å². The number of ketones is 1. The van der Waals surface area contributed by atoms with Crippen molar-refractivity contribution in [3.05, 3.63) is 0 Å². The monoisotopic (exact) mass is 592 g/mol. The summed E-state index contributed by atoms with van der Waals surface area (Å²) in [6.45, 7) is 10.2. The molecule has 0 aromatic heterocycles. The number of ether oxygens (including phenoxy) is 3. The normalized spacial score (nSPS) is 12.2. The van der Waals surface area contributed by atoms with Crippen LogP contribution in [-0.4, -0.2) is 98.2 Å². The molecule has 5 amide bonds. The van der Waals surface area contributed by atoms with Crippen molar-refractivity contribution in [2.45, 2.75) is 65.9 Å². The highest BCUT2D eigenvalue weighted by Gasteiger charge is 2.32. The van der Waals surface area contributed by atoms with Crippen molar-refractivity contribution < 1.29 is 52.6 Å². The lowest BCUT2D eigenvalue weighted by Crippen LogP contribution is -2.36. The third kappa shape index (κ3) is 26.3. The van der Waals surface area contributed by atoms with Crippen molar-refractivity contribution in [2.75, 3.05) is 46.1 Å². The lowest BCUT2D eigenvalue weighted by molar-refractivity contribution is -0.198. The van der Waals surface area contributed by atoms with Gasteiger partial charge in [-0.05, 0) is 20.8 Å².